The molecule has 7 nitrogen and oxygen atoms in total. The molecule has 1 unspecified atom stereocenters. The molecule has 0 radical (unpaired) electrons. The third-order valence-electron chi connectivity index (χ3n) is 2.94. The van der Waals surface area contributed by atoms with Gasteiger partial charge in [-0.15, -0.1) is 10.2 Å². The van der Waals surface area contributed by atoms with Crippen LogP contribution in [0.15, 0.2) is 0 Å². The van der Waals surface area contributed by atoms with Gasteiger partial charge in [-0.1, -0.05) is 11.3 Å². The molecule has 0 aromatic carbocycles. The fourth-order valence-electron chi connectivity index (χ4n) is 1.92. The number of carbonyl (C=O) groups is 2. The van der Waals surface area contributed by atoms with Crippen molar-refractivity contribution in [3.05, 3.63) is 5.01 Å². The summed E-state index contributed by atoms with van der Waals surface area (Å²) in [7, 11) is 0. The summed E-state index contributed by atoms with van der Waals surface area (Å²) >= 11 is 0.217. The van der Waals surface area contributed by atoms with Gasteiger partial charge in [-0.2, -0.15) is 13.2 Å². The van der Waals surface area contributed by atoms with Gasteiger partial charge in [-0.25, -0.2) is 4.79 Å². The molecule has 21 heavy (non-hydrogen) atoms. The standard InChI is InChI=1S/C10H11F3N4O3S/c11-10(12,13)7-15-16-8(21-7)14-9(20)17-3-1-2-5(4-17)6(18)19/h5H,1-4H2,(H,18,19)(H,14,16,20). The van der Waals surface area contributed by atoms with E-state index in [-0.39, 0.29) is 23.0 Å². The first-order valence-electron chi connectivity index (χ1n) is 5.97. The average Bonchev–Trinajstić information content (AvgIpc) is 2.87. The van der Waals surface area contributed by atoms with E-state index in [1.807, 2.05) is 0 Å². The molecule has 1 saturated heterocycles. The first kappa shape index (κ1) is 15.5. The van der Waals surface area contributed by atoms with Crippen molar-refractivity contribution >= 4 is 28.5 Å². The fourth-order valence-corrected chi connectivity index (χ4v) is 2.52. The van der Waals surface area contributed by atoms with Crippen LogP contribution in [0.25, 0.3) is 0 Å². The molecule has 1 aliphatic rings. The average molecular weight is 324 g/mol. The van der Waals surface area contributed by atoms with E-state index in [4.69, 9.17) is 5.11 Å². The summed E-state index contributed by atoms with van der Waals surface area (Å²) in [6.07, 6.45) is -3.62. The first-order valence-corrected chi connectivity index (χ1v) is 6.78. The number of carbonyl (C=O) groups excluding carboxylic acids is 1. The third kappa shape index (κ3) is 3.80. The minimum atomic E-state index is -4.61. The van der Waals surface area contributed by atoms with Gasteiger partial charge in [0.05, 0.1) is 5.92 Å². The second-order valence-electron chi connectivity index (χ2n) is 4.46. The number of alkyl halides is 3. The predicted molar refractivity (Wildman–Crippen MR) is 65.9 cm³/mol. The Bertz CT molecular complexity index is 548. The van der Waals surface area contributed by atoms with Crippen molar-refractivity contribution in [3.63, 3.8) is 0 Å². The number of hydrogen-bond donors (Lipinski definition) is 2. The van der Waals surface area contributed by atoms with E-state index in [0.717, 1.165) is 0 Å². The lowest BCUT2D eigenvalue weighted by atomic mass is 9.99. The highest BCUT2D eigenvalue weighted by molar-refractivity contribution is 7.15. The van der Waals surface area contributed by atoms with Crippen LogP contribution in [0.3, 0.4) is 0 Å². The number of nitrogens with one attached hydrogen (secondary N) is 1. The van der Waals surface area contributed by atoms with Gasteiger partial charge in [-0.3, -0.25) is 10.1 Å². The number of urea groups is 1. The molecule has 2 amide bonds. The smallest absolute Gasteiger partial charge is 0.445 e. The Hall–Kier alpha value is -1.91. The fraction of sp³-hybridized carbons (Fsp3) is 0.600. The number of hydrogen-bond acceptors (Lipinski definition) is 5. The minimum absolute atomic E-state index is 0.0199. The number of carboxylic acid groups (broad SMARTS) is 1. The Labute approximate surface area is 120 Å². The van der Waals surface area contributed by atoms with Gasteiger partial charge in [0, 0.05) is 13.1 Å². The molecule has 2 heterocycles. The highest BCUT2D eigenvalue weighted by Crippen LogP contribution is 2.33. The minimum Gasteiger partial charge on any atom is -0.481 e. The topological polar surface area (TPSA) is 95.4 Å². The van der Waals surface area contributed by atoms with Crippen LogP contribution in [0.2, 0.25) is 0 Å². The summed E-state index contributed by atoms with van der Waals surface area (Å²) in [4.78, 5) is 24.0. The number of rotatable bonds is 2. The number of carboxylic acids is 1. The largest absolute Gasteiger partial charge is 0.481 e. The van der Waals surface area contributed by atoms with Crippen molar-refractivity contribution in [3.8, 4) is 0 Å². The van der Waals surface area contributed by atoms with E-state index in [1.54, 1.807) is 0 Å². The first-order chi connectivity index (χ1) is 9.77. The van der Waals surface area contributed by atoms with Gasteiger partial charge in [0.25, 0.3) is 0 Å². The maximum Gasteiger partial charge on any atom is 0.445 e. The number of aromatic nitrogens is 2. The van der Waals surface area contributed by atoms with Crippen molar-refractivity contribution in [2.75, 3.05) is 18.4 Å². The molecule has 1 aliphatic heterocycles. The van der Waals surface area contributed by atoms with Crippen LogP contribution in [0.5, 0.6) is 0 Å². The zero-order valence-electron chi connectivity index (χ0n) is 10.6. The number of likely N-dealkylation sites (tertiary alicyclic amines) is 1. The molecule has 2 rings (SSSR count). The molecule has 1 fully saturated rings. The number of anilines is 1. The Balaban J connectivity index is 1.98. The predicted octanol–water partition coefficient (Wildman–Crippen LogP) is 1.89. The third-order valence-corrected chi connectivity index (χ3v) is 3.82. The zero-order chi connectivity index (χ0) is 15.6. The van der Waals surface area contributed by atoms with Crippen LogP contribution in [0, 0.1) is 5.92 Å². The highest BCUT2D eigenvalue weighted by Gasteiger charge is 2.36. The Morgan fingerprint density at radius 3 is 2.67 bits per heavy atom. The number of piperidine rings is 1. The summed E-state index contributed by atoms with van der Waals surface area (Å²) in [5.74, 6) is -1.66. The van der Waals surface area contributed by atoms with Crippen molar-refractivity contribution in [2.24, 2.45) is 5.92 Å². The Morgan fingerprint density at radius 1 is 1.38 bits per heavy atom. The molecule has 0 spiro atoms. The van der Waals surface area contributed by atoms with Crippen molar-refractivity contribution in [1.82, 2.24) is 15.1 Å². The van der Waals surface area contributed by atoms with Crippen LogP contribution >= 0.6 is 11.3 Å². The molecule has 1 aromatic heterocycles. The quantitative estimate of drug-likeness (QED) is 0.866. The molecule has 0 saturated carbocycles. The lowest BCUT2D eigenvalue weighted by molar-refractivity contribution is -0.143. The number of aliphatic carboxylic acids is 1. The van der Waals surface area contributed by atoms with E-state index in [2.05, 4.69) is 15.5 Å². The number of amides is 2. The van der Waals surface area contributed by atoms with E-state index >= 15 is 0 Å². The lowest BCUT2D eigenvalue weighted by Gasteiger charge is -2.30. The van der Waals surface area contributed by atoms with E-state index in [0.29, 0.717) is 19.4 Å². The van der Waals surface area contributed by atoms with Crippen LogP contribution in [-0.2, 0) is 11.0 Å². The van der Waals surface area contributed by atoms with Gasteiger partial charge in [0.1, 0.15) is 0 Å². The second kappa shape index (κ2) is 5.84. The molecule has 116 valence electrons. The molecule has 1 atom stereocenters. The van der Waals surface area contributed by atoms with E-state index < -0.39 is 29.1 Å². The molecular weight excluding hydrogens is 313 g/mol. The summed E-state index contributed by atoms with van der Waals surface area (Å²) in [5.41, 5.74) is 0. The zero-order valence-corrected chi connectivity index (χ0v) is 11.4. The van der Waals surface area contributed by atoms with Gasteiger partial charge in [-0.05, 0) is 12.8 Å². The molecule has 11 heteroatoms. The lowest BCUT2D eigenvalue weighted by Crippen LogP contribution is -2.44. The van der Waals surface area contributed by atoms with Gasteiger partial charge in [0.2, 0.25) is 10.1 Å². The van der Waals surface area contributed by atoms with Crippen LogP contribution in [-0.4, -0.2) is 45.3 Å². The summed E-state index contributed by atoms with van der Waals surface area (Å²) in [5, 5.41) is 15.9. The van der Waals surface area contributed by atoms with Crippen LogP contribution in [0.1, 0.15) is 17.8 Å². The van der Waals surface area contributed by atoms with Gasteiger partial charge < -0.3 is 10.0 Å². The molecule has 1 aromatic rings. The summed E-state index contributed by atoms with van der Waals surface area (Å²) in [6, 6.07) is -0.675. The van der Waals surface area contributed by atoms with Crippen LogP contribution < -0.4 is 5.32 Å². The van der Waals surface area contributed by atoms with Gasteiger partial charge >= 0.3 is 18.2 Å². The van der Waals surface area contributed by atoms with E-state index in [9.17, 15) is 22.8 Å². The Kier molecular flexibility index (Phi) is 4.30. The van der Waals surface area contributed by atoms with Gasteiger partial charge in [0.15, 0.2) is 0 Å². The monoisotopic (exact) mass is 324 g/mol. The SMILES string of the molecule is O=C(O)C1CCCN(C(=O)Nc2nnc(C(F)(F)F)s2)C1. The van der Waals surface area contributed by atoms with E-state index in [1.165, 1.54) is 4.90 Å². The normalized spacial score (nSPS) is 19.4. The number of halogens is 3. The molecular formula is C10H11F3N4O3S. The summed E-state index contributed by atoms with van der Waals surface area (Å²) in [6.45, 7) is 0.368. The molecule has 0 bridgehead atoms. The Morgan fingerprint density at radius 2 is 2.10 bits per heavy atom. The molecule has 0 aliphatic carbocycles. The maximum atomic E-state index is 12.4. The number of nitrogens with zero attached hydrogens (tertiary/aromatic N) is 3. The second-order valence-corrected chi connectivity index (χ2v) is 5.44. The highest BCUT2D eigenvalue weighted by atomic mass is 32.1. The summed E-state index contributed by atoms with van der Waals surface area (Å²) < 4.78 is 37.1. The van der Waals surface area contributed by atoms with Crippen molar-refractivity contribution in [1.29, 1.82) is 0 Å². The van der Waals surface area contributed by atoms with Crippen molar-refractivity contribution < 1.29 is 27.9 Å². The maximum absolute atomic E-state index is 12.4. The molecule has 2 N–H and O–H groups in total. The van der Waals surface area contributed by atoms with Crippen molar-refractivity contribution in [2.45, 2.75) is 19.0 Å². The van der Waals surface area contributed by atoms with Crippen LogP contribution in [0.4, 0.5) is 23.1 Å².